The van der Waals surface area contributed by atoms with Gasteiger partial charge in [-0.1, -0.05) is 23.7 Å². The number of nitrogens with one attached hydrogen (secondary N) is 3. The normalized spacial score (nSPS) is 11.8. The Labute approximate surface area is 195 Å². The van der Waals surface area contributed by atoms with E-state index in [9.17, 15) is 19.8 Å². The Morgan fingerprint density at radius 1 is 1.06 bits per heavy atom. The third kappa shape index (κ3) is 5.20. The first-order chi connectivity index (χ1) is 15.6. The predicted octanol–water partition coefficient (Wildman–Crippen LogP) is 3.46. The number of phenolic OH excluding ortho intramolecular Hbond substituents is 2. The fourth-order valence-corrected chi connectivity index (χ4v) is 3.39. The number of aromatic amines is 1. The number of carbonyl (C=O) groups is 2. The summed E-state index contributed by atoms with van der Waals surface area (Å²) >= 11 is 6.05. The molecule has 0 spiro atoms. The summed E-state index contributed by atoms with van der Waals surface area (Å²) in [6, 6.07) is 8.49. The number of H-pyrrole nitrogens is 1. The number of amides is 2. The summed E-state index contributed by atoms with van der Waals surface area (Å²) in [5.74, 6) is -0.830. The molecule has 1 atom stereocenters. The first kappa shape index (κ1) is 23.9. The summed E-state index contributed by atoms with van der Waals surface area (Å²) in [6.07, 6.45) is 0. The van der Waals surface area contributed by atoms with Gasteiger partial charge in [-0.15, -0.1) is 0 Å². The molecule has 1 heterocycles. The van der Waals surface area contributed by atoms with E-state index < -0.39 is 11.9 Å². The van der Waals surface area contributed by atoms with Gasteiger partial charge in [-0.3, -0.25) is 14.7 Å². The van der Waals surface area contributed by atoms with Crippen LogP contribution in [-0.4, -0.2) is 51.4 Å². The highest BCUT2D eigenvalue weighted by atomic mass is 35.5. The van der Waals surface area contributed by atoms with E-state index in [2.05, 4.69) is 20.8 Å². The Hall–Kier alpha value is -3.72. The largest absolute Gasteiger partial charge is 0.507 e. The quantitative estimate of drug-likeness (QED) is 0.357. The van der Waals surface area contributed by atoms with E-state index >= 15 is 0 Å². The van der Waals surface area contributed by atoms with Crippen LogP contribution >= 0.6 is 11.6 Å². The molecule has 2 aromatic carbocycles. The maximum absolute atomic E-state index is 13.1. The average molecular weight is 473 g/mol. The molecular formula is C23H25ClN4O5. The molecule has 1 unspecified atom stereocenters. The van der Waals surface area contributed by atoms with Crippen molar-refractivity contribution < 1.29 is 24.5 Å². The molecule has 33 heavy (non-hydrogen) atoms. The van der Waals surface area contributed by atoms with Gasteiger partial charge in [0.05, 0.1) is 12.1 Å². The minimum Gasteiger partial charge on any atom is -0.507 e. The van der Waals surface area contributed by atoms with E-state index in [0.717, 1.165) is 6.07 Å². The number of halogens is 1. The molecule has 5 N–H and O–H groups in total. The van der Waals surface area contributed by atoms with Gasteiger partial charge in [0.25, 0.3) is 5.91 Å². The second-order valence-electron chi connectivity index (χ2n) is 7.73. The van der Waals surface area contributed by atoms with Gasteiger partial charge < -0.3 is 25.6 Å². The van der Waals surface area contributed by atoms with E-state index in [0.29, 0.717) is 16.9 Å². The fourth-order valence-electron chi connectivity index (χ4n) is 3.22. The summed E-state index contributed by atoms with van der Waals surface area (Å²) in [4.78, 5) is 25.3. The van der Waals surface area contributed by atoms with Crippen LogP contribution < -0.4 is 15.4 Å². The zero-order valence-corrected chi connectivity index (χ0v) is 19.3. The van der Waals surface area contributed by atoms with Crippen molar-refractivity contribution >= 4 is 23.4 Å². The zero-order chi connectivity index (χ0) is 24.3. The first-order valence-electron chi connectivity index (χ1n) is 10.2. The Kier molecular flexibility index (Phi) is 7.13. The molecule has 174 valence electrons. The predicted molar refractivity (Wildman–Crippen MR) is 125 cm³/mol. The molecule has 0 saturated carbocycles. The van der Waals surface area contributed by atoms with E-state index in [1.54, 1.807) is 31.2 Å². The van der Waals surface area contributed by atoms with Gasteiger partial charge in [-0.25, -0.2) is 0 Å². The number of benzene rings is 2. The molecule has 0 bridgehead atoms. The number of hydrogen-bond donors (Lipinski definition) is 5. The van der Waals surface area contributed by atoms with Crippen LogP contribution in [-0.2, 0) is 4.79 Å². The van der Waals surface area contributed by atoms with Gasteiger partial charge in [-0.05, 0) is 44.5 Å². The lowest BCUT2D eigenvalue weighted by Crippen LogP contribution is -2.46. The third-order valence-electron chi connectivity index (χ3n) is 4.86. The van der Waals surface area contributed by atoms with Crippen molar-refractivity contribution in [2.24, 2.45) is 0 Å². The van der Waals surface area contributed by atoms with Gasteiger partial charge in [0.15, 0.2) is 0 Å². The molecule has 0 fully saturated rings. The van der Waals surface area contributed by atoms with E-state index in [1.807, 2.05) is 13.8 Å². The molecule has 3 rings (SSSR count). The van der Waals surface area contributed by atoms with E-state index in [4.69, 9.17) is 16.3 Å². The van der Waals surface area contributed by atoms with Crippen molar-refractivity contribution in [1.29, 1.82) is 0 Å². The van der Waals surface area contributed by atoms with Gasteiger partial charge >= 0.3 is 0 Å². The summed E-state index contributed by atoms with van der Waals surface area (Å²) < 4.78 is 5.21. The maximum Gasteiger partial charge on any atom is 0.270 e. The van der Waals surface area contributed by atoms with Gasteiger partial charge in [0.1, 0.15) is 34.7 Å². The van der Waals surface area contributed by atoms with Crippen molar-refractivity contribution in [2.75, 3.05) is 7.11 Å². The molecule has 3 aromatic rings. The smallest absolute Gasteiger partial charge is 0.270 e. The summed E-state index contributed by atoms with van der Waals surface area (Å²) in [7, 11) is 1.54. The number of ether oxygens (including phenoxy) is 1. The number of aromatic hydroxyl groups is 2. The van der Waals surface area contributed by atoms with Crippen LogP contribution in [0, 0.1) is 0 Å². The maximum atomic E-state index is 13.1. The minimum absolute atomic E-state index is 0.0106. The van der Waals surface area contributed by atoms with Gasteiger partial charge in [0, 0.05) is 23.2 Å². The number of rotatable bonds is 7. The minimum atomic E-state index is -0.799. The molecule has 10 heteroatoms. The van der Waals surface area contributed by atoms with Crippen molar-refractivity contribution in [2.45, 2.75) is 32.9 Å². The lowest BCUT2D eigenvalue weighted by Gasteiger charge is -2.16. The van der Waals surface area contributed by atoms with Crippen LogP contribution in [0.5, 0.6) is 17.2 Å². The number of hydrogen-bond acceptors (Lipinski definition) is 6. The number of aromatic nitrogens is 2. The van der Waals surface area contributed by atoms with Crippen molar-refractivity contribution in [1.82, 2.24) is 20.8 Å². The van der Waals surface area contributed by atoms with Crippen LogP contribution in [0.15, 0.2) is 36.4 Å². The third-order valence-corrected chi connectivity index (χ3v) is 5.17. The van der Waals surface area contributed by atoms with Crippen molar-refractivity contribution in [3.8, 4) is 39.6 Å². The standard InChI is InChI=1S/C23H25ClN4O5/c1-11(2)25-22(31)12(3)26-23(32)21-19(13-5-7-14(33-4)8-6-13)20(27-28-21)15-9-16(24)18(30)10-17(15)29/h5-12,29-30H,1-4H3,(H,25,31)(H,26,32)(H,27,28). The van der Waals surface area contributed by atoms with Crippen LogP contribution in [0.25, 0.3) is 22.4 Å². The summed E-state index contributed by atoms with van der Waals surface area (Å²) in [5, 5.41) is 32.6. The molecule has 1 aromatic heterocycles. The van der Waals surface area contributed by atoms with Gasteiger partial charge in [-0.2, -0.15) is 5.10 Å². The monoisotopic (exact) mass is 472 g/mol. The molecule has 0 aliphatic rings. The highest BCUT2D eigenvalue weighted by Crippen LogP contribution is 2.41. The van der Waals surface area contributed by atoms with Crippen molar-refractivity contribution in [3.05, 3.63) is 47.1 Å². The van der Waals surface area contributed by atoms with Crippen LogP contribution in [0.3, 0.4) is 0 Å². The lowest BCUT2D eigenvalue weighted by atomic mass is 9.97. The topological polar surface area (TPSA) is 137 Å². The Morgan fingerprint density at radius 2 is 1.73 bits per heavy atom. The molecule has 2 amide bonds. The fraction of sp³-hybridized carbons (Fsp3) is 0.261. The van der Waals surface area contributed by atoms with Crippen molar-refractivity contribution in [3.63, 3.8) is 0 Å². The van der Waals surface area contributed by atoms with Crippen LogP contribution in [0.1, 0.15) is 31.3 Å². The highest BCUT2D eigenvalue weighted by molar-refractivity contribution is 6.32. The Balaban J connectivity index is 2.08. The second kappa shape index (κ2) is 9.83. The average Bonchev–Trinajstić information content (AvgIpc) is 3.20. The Bertz CT molecular complexity index is 1170. The molecule has 0 radical (unpaired) electrons. The summed E-state index contributed by atoms with van der Waals surface area (Å²) in [5.41, 5.74) is 1.52. The molecular weight excluding hydrogens is 448 g/mol. The lowest BCUT2D eigenvalue weighted by molar-refractivity contribution is -0.123. The number of carbonyl (C=O) groups excluding carboxylic acids is 2. The van der Waals surface area contributed by atoms with Gasteiger partial charge in [0.2, 0.25) is 5.91 Å². The summed E-state index contributed by atoms with van der Waals surface area (Å²) in [6.45, 7) is 5.22. The van der Waals surface area contributed by atoms with E-state index in [-0.39, 0.29) is 45.4 Å². The number of nitrogens with zero attached hydrogens (tertiary/aromatic N) is 1. The van der Waals surface area contributed by atoms with Crippen LogP contribution in [0.4, 0.5) is 0 Å². The molecule has 9 nitrogen and oxygen atoms in total. The number of phenols is 2. The molecule has 0 saturated heterocycles. The Morgan fingerprint density at radius 3 is 2.33 bits per heavy atom. The zero-order valence-electron chi connectivity index (χ0n) is 18.6. The molecule has 0 aliphatic heterocycles. The molecule has 0 aliphatic carbocycles. The second-order valence-corrected chi connectivity index (χ2v) is 8.14. The highest BCUT2D eigenvalue weighted by Gasteiger charge is 2.26. The first-order valence-corrected chi connectivity index (χ1v) is 10.6. The van der Waals surface area contributed by atoms with Crippen LogP contribution in [0.2, 0.25) is 5.02 Å². The number of methoxy groups -OCH3 is 1. The SMILES string of the molecule is COc1ccc(-c2c(-c3cc(Cl)c(O)cc3O)n[nH]c2C(=O)NC(C)C(=O)NC(C)C)cc1. The van der Waals surface area contributed by atoms with E-state index in [1.165, 1.54) is 13.2 Å².